The number of aromatic amines is 1. The Morgan fingerprint density at radius 2 is 2.10 bits per heavy atom. The van der Waals surface area contributed by atoms with Crippen LogP contribution in [0.3, 0.4) is 0 Å². The molecule has 6 heteroatoms. The molecule has 0 atom stereocenters. The predicted molar refractivity (Wildman–Crippen MR) is 83.5 cm³/mol. The Balaban J connectivity index is 2.49. The van der Waals surface area contributed by atoms with Crippen molar-refractivity contribution in [2.75, 3.05) is 0 Å². The fourth-order valence-electron chi connectivity index (χ4n) is 1.43. The van der Waals surface area contributed by atoms with Crippen LogP contribution in [0.4, 0.5) is 0 Å². The molecular formula is C14H16N2O2S2. The Morgan fingerprint density at radius 3 is 2.65 bits per heavy atom. The summed E-state index contributed by atoms with van der Waals surface area (Å²) in [7, 11) is 0. The van der Waals surface area contributed by atoms with Gasteiger partial charge in [0, 0.05) is 11.5 Å². The van der Waals surface area contributed by atoms with Gasteiger partial charge in [-0.2, -0.15) is 0 Å². The maximum Gasteiger partial charge on any atom is 0.266 e. The number of hydrogen-bond acceptors (Lipinski definition) is 5. The van der Waals surface area contributed by atoms with Crippen LogP contribution in [-0.4, -0.2) is 15.8 Å². The van der Waals surface area contributed by atoms with E-state index in [9.17, 15) is 9.59 Å². The lowest BCUT2D eigenvalue weighted by Gasteiger charge is -2.12. The summed E-state index contributed by atoms with van der Waals surface area (Å²) in [6.45, 7) is 7.46. The number of H-pyrrole nitrogens is 1. The van der Waals surface area contributed by atoms with Crippen molar-refractivity contribution in [3.05, 3.63) is 35.6 Å². The lowest BCUT2D eigenvalue weighted by molar-refractivity contribution is -0.119. The molecule has 106 valence electrons. The number of carbonyl (C=O) groups excluding carboxylic acids is 1. The number of nitrogens with one attached hydrogen (secondary N) is 1. The lowest BCUT2D eigenvalue weighted by atomic mass is 9.91. The Hall–Kier alpha value is -1.53. The second kappa shape index (κ2) is 5.46. The van der Waals surface area contributed by atoms with Crippen LogP contribution in [0, 0.1) is 12.3 Å². The Kier molecular flexibility index (Phi) is 4.06. The molecule has 2 aromatic rings. The quantitative estimate of drug-likeness (QED) is 0.913. The largest absolute Gasteiger partial charge is 0.313 e. The van der Waals surface area contributed by atoms with E-state index in [0.717, 1.165) is 10.6 Å². The minimum atomic E-state index is -0.445. The third-order valence-electron chi connectivity index (χ3n) is 2.73. The van der Waals surface area contributed by atoms with Gasteiger partial charge in [0.05, 0.1) is 25.3 Å². The number of aromatic nitrogens is 2. The summed E-state index contributed by atoms with van der Waals surface area (Å²) in [5.41, 5.74) is 2.04. The second-order valence-electron chi connectivity index (χ2n) is 5.49. The molecule has 0 radical (unpaired) electrons. The molecule has 0 fully saturated rings. The van der Waals surface area contributed by atoms with Gasteiger partial charge in [0.1, 0.15) is 0 Å². The van der Waals surface area contributed by atoms with Crippen LogP contribution in [0.5, 0.6) is 0 Å². The molecular weight excluding hydrogens is 292 g/mol. The summed E-state index contributed by atoms with van der Waals surface area (Å²) in [6.07, 6.45) is 3.32. The van der Waals surface area contributed by atoms with Crippen LogP contribution < -0.4 is 14.8 Å². The average Bonchev–Trinajstić information content (AvgIpc) is 2.86. The molecule has 20 heavy (non-hydrogen) atoms. The molecule has 1 N–H and O–H groups in total. The Labute approximate surface area is 124 Å². The molecule has 2 rings (SSSR count). The van der Waals surface area contributed by atoms with Crippen molar-refractivity contribution in [2.45, 2.75) is 27.7 Å². The van der Waals surface area contributed by atoms with Crippen molar-refractivity contribution in [3.8, 4) is 0 Å². The molecule has 0 spiro atoms. The van der Waals surface area contributed by atoms with E-state index >= 15 is 0 Å². The van der Waals surface area contributed by atoms with Crippen LogP contribution in [0.25, 0.3) is 12.2 Å². The van der Waals surface area contributed by atoms with E-state index < -0.39 is 5.41 Å². The highest BCUT2D eigenvalue weighted by atomic mass is 32.1. The molecule has 2 aromatic heterocycles. The first kappa shape index (κ1) is 14.9. The highest BCUT2D eigenvalue weighted by Crippen LogP contribution is 2.15. The molecule has 0 unspecified atom stereocenters. The molecule has 0 amide bonds. The zero-order valence-corrected chi connectivity index (χ0v) is 13.4. The van der Waals surface area contributed by atoms with E-state index in [1.165, 1.54) is 28.7 Å². The first-order chi connectivity index (χ1) is 9.27. The predicted octanol–water partition coefficient (Wildman–Crippen LogP) is 1.43. The molecule has 0 aliphatic heterocycles. The van der Waals surface area contributed by atoms with Crippen molar-refractivity contribution < 1.29 is 4.79 Å². The summed E-state index contributed by atoms with van der Waals surface area (Å²) in [5.74, 6) is -0.00415. The van der Waals surface area contributed by atoms with Gasteiger partial charge >= 0.3 is 0 Å². The molecule has 0 bridgehead atoms. The van der Waals surface area contributed by atoms with Crippen LogP contribution in [-0.2, 0) is 4.79 Å². The van der Waals surface area contributed by atoms with E-state index in [2.05, 4.69) is 9.97 Å². The Morgan fingerprint density at radius 1 is 1.40 bits per heavy atom. The number of Topliss-reactive ketones (excluding diaryl/α,β-unsaturated/α-hetero) is 1. The van der Waals surface area contributed by atoms with E-state index in [-0.39, 0.29) is 11.3 Å². The third kappa shape index (κ3) is 3.32. The maximum absolute atomic E-state index is 11.9. The SMILES string of the molecule is Cc1ncsc1C=c1sc(=CC(=O)C(C)(C)C)[nH]c1=O. The van der Waals surface area contributed by atoms with Crippen LogP contribution in [0.2, 0.25) is 0 Å². The summed E-state index contributed by atoms with van der Waals surface area (Å²) in [5, 5.41) is 0. The van der Waals surface area contributed by atoms with Gasteiger partial charge < -0.3 is 4.98 Å². The van der Waals surface area contributed by atoms with Gasteiger partial charge in [-0.05, 0) is 13.0 Å². The number of aryl methyl sites for hydroxylation is 1. The van der Waals surface area contributed by atoms with Crippen molar-refractivity contribution in [1.82, 2.24) is 9.97 Å². The maximum atomic E-state index is 11.9. The van der Waals surface area contributed by atoms with Gasteiger partial charge in [0.2, 0.25) is 0 Å². The molecule has 2 heterocycles. The number of carbonyl (C=O) groups is 1. The average molecular weight is 308 g/mol. The molecule has 0 aromatic carbocycles. The number of rotatable bonds is 2. The van der Waals surface area contributed by atoms with Gasteiger partial charge in [0.15, 0.2) is 5.78 Å². The fraction of sp³-hybridized carbons (Fsp3) is 0.357. The normalized spacial score (nSPS) is 14.0. The van der Waals surface area contributed by atoms with Gasteiger partial charge in [-0.25, -0.2) is 4.98 Å². The highest BCUT2D eigenvalue weighted by Gasteiger charge is 2.18. The molecule has 0 saturated carbocycles. The van der Waals surface area contributed by atoms with E-state index in [1.54, 1.807) is 5.51 Å². The molecule has 4 nitrogen and oxygen atoms in total. The first-order valence-corrected chi connectivity index (χ1v) is 7.84. The van der Waals surface area contributed by atoms with Gasteiger partial charge in [-0.15, -0.1) is 22.7 Å². The smallest absolute Gasteiger partial charge is 0.266 e. The number of hydrogen-bond donors (Lipinski definition) is 1. The molecule has 0 saturated heterocycles. The lowest BCUT2D eigenvalue weighted by Crippen LogP contribution is -2.22. The standard InChI is InChI=1S/C14H16N2O2S2/c1-8-9(19-7-15-8)5-10-13(18)16-12(20-10)6-11(17)14(2,3)4/h5-7H,1-4H3,(H,16,18). The summed E-state index contributed by atoms with van der Waals surface area (Å²) in [6, 6.07) is 0. The van der Waals surface area contributed by atoms with Crippen molar-refractivity contribution in [2.24, 2.45) is 5.41 Å². The summed E-state index contributed by atoms with van der Waals surface area (Å²) >= 11 is 2.78. The zero-order valence-electron chi connectivity index (χ0n) is 11.8. The van der Waals surface area contributed by atoms with Crippen molar-refractivity contribution in [3.63, 3.8) is 0 Å². The van der Waals surface area contributed by atoms with E-state index in [4.69, 9.17) is 0 Å². The summed E-state index contributed by atoms with van der Waals surface area (Å²) in [4.78, 5) is 31.7. The van der Waals surface area contributed by atoms with Gasteiger partial charge in [-0.3, -0.25) is 9.59 Å². The number of thiazole rings is 2. The van der Waals surface area contributed by atoms with Gasteiger partial charge in [0.25, 0.3) is 5.56 Å². The highest BCUT2D eigenvalue weighted by molar-refractivity contribution is 7.11. The summed E-state index contributed by atoms with van der Waals surface area (Å²) < 4.78 is 1.17. The number of nitrogens with zero attached hydrogens (tertiary/aromatic N) is 1. The fourth-order valence-corrected chi connectivity index (χ4v) is 3.10. The van der Waals surface area contributed by atoms with E-state index in [0.29, 0.717) is 9.20 Å². The molecule has 0 aliphatic rings. The topological polar surface area (TPSA) is 62.8 Å². The monoisotopic (exact) mass is 308 g/mol. The molecule has 0 aliphatic carbocycles. The second-order valence-corrected chi connectivity index (χ2v) is 7.46. The number of ketones is 1. The van der Waals surface area contributed by atoms with Crippen LogP contribution >= 0.6 is 22.7 Å². The third-order valence-corrected chi connectivity index (χ3v) is 4.57. The minimum Gasteiger partial charge on any atom is -0.313 e. The first-order valence-electron chi connectivity index (χ1n) is 6.14. The van der Waals surface area contributed by atoms with Crippen LogP contribution in [0.1, 0.15) is 31.3 Å². The van der Waals surface area contributed by atoms with Crippen LogP contribution in [0.15, 0.2) is 10.3 Å². The minimum absolute atomic E-state index is 0.00415. The van der Waals surface area contributed by atoms with Crippen molar-refractivity contribution in [1.29, 1.82) is 0 Å². The Bertz CT molecular complexity index is 803. The van der Waals surface area contributed by atoms with Crippen molar-refractivity contribution >= 4 is 40.6 Å². The van der Waals surface area contributed by atoms with E-state index in [1.807, 2.05) is 33.8 Å². The zero-order chi connectivity index (χ0) is 14.9. The van der Waals surface area contributed by atoms with Gasteiger partial charge in [-0.1, -0.05) is 20.8 Å².